The predicted octanol–water partition coefficient (Wildman–Crippen LogP) is 2.63. The smallest absolute Gasteiger partial charge is 0.335 e. The number of hydrogen-bond acceptors (Lipinski definition) is 8. The van der Waals surface area contributed by atoms with E-state index >= 15 is 0 Å². The van der Waals surface area contributed by atoms with E-state index in [1.807, 2.05) is 0 Å². The molecule has 164 valence electrons. The third-order valence-electron chi connectivity index (χ3n) is 4.35. The van der Waals surface area contributed by atoms with Gasteiger partial charge in [-0.3, -0.25) is 19.7 Å². The molecule has 0 saturated carbocycles. The minimum absolute atomic E-state index is 0.0366. The van der Waals surface area contributed by atoms with Gasteiger partial charge in [-0.05, 0) is 48.9 Å². The van der Waals surface area contributed by atoms with Crippen molar-refractivity contribution in [3.05, 3.63) is 69.8 Å². The van der Waals surface area contributed by atoms with E-state index in [0.717, 1.165) is 11.8 Å². The first kappa shape index (κ1) is 22.6. The predicted molar refractivity (Wildman–Crippen MR) is 119 cm³/mol. The molecule has 0 bridgehead atoms. The molecular weight excluding hydrogens is 438 g/mol. The van der Waals surface area contributed by atoms with Crippen molar-refractivity contribution in [2.24, 2.45) is 10.2 Å². The van der Waals surface area contributed by atoms with Gasteiger partial charge in [-0.1, -0.05) is 11.8 Å². The van der Waals surface area contributed by atoms with Crippen LogP contribution in [0.3, 0.4) is 0 Å². The van der Waals surface area contributed by atoms with Gasteiger partial charge >= 0.3 is 5.97 Å². The summed E-state index contributed by atoms with van der Waals surface area (Å²) in [5, 5.41) is 32.4. The fraction of sp³-hybridized carbons (Fsp3) is 0.150. The van der Waals surface area contributed by atoms with Crippen molar-refractivity contribution in [3.63, 3.8) is 0 Å². The van der Waals surface area contributed by atoms with Crippen LogP contribution in [0, 0.1) is 10.1 Å². The molecule has 12 heteroatoms. The monoisotopic (exact) mass is 455 g/mol. The third-order valence-corrected chi connectivity index (χ3v) is 5.42. The van der Waals surface area contributed by atoms with Crippen molar-refractivity contribution in [2.45, 2.75) is 18.6 Å². The van der Waals surface area contributed by atoms with Crippen LogP contribution in [0.1, 0.15) is 29.3 Å². The number of carboxylic acids is 1. The SMILES string of the molecule is C/C(=N\N=C1\NC(=O)C(CC(=O)Nc2ccc(C(=O)O)cc2)S1)c1ccc([N+](=O)[O-])cc1. The zero-order chi connectivity index (χ0) is 23.3. The van der Waals surface area contributed by atoms with Crippen molar-refractivity contribution >= 4 is 51.8 Å². The normalized spacial score (nSPS) is 17.2. The Morgan fingerprint density at radius 3 is 2.38 bits per heavy atom. The highest BCUT2D eigenvalue weighted by atomic mass is 32.2. The first-order valence-corrected chi connectivity index (χ1v) is 10.1. The molecule has 11 nitrogen and oxygen atoms in total. The molecule has 1 aliphatic rings. The van der Waals surface area contributed by atoms with Crippen molar-refractivity contribution in [2.75, 3.05) is 5.32 Å². The highest BCUT2D eigenvalue weighted by Crippen LogP contribution is 2.23. The molecule has 32 heavy (non-hydrogen) atoms. The molecule has 1 aliphatic heterocycles. The summed E-state index contributed by atoms with van der Waals surface area (Å²) in [4.78, 5) is 45.5. The Morgan fingerprint density at radius 2 is 1.78 bits per heavy atom. The first-order valence-electron chi connectivity index (χ1n) is 9.20. The first-order chi connectivity index (χ1) is 15.2. The summed E-state index contributed by atoms with van der Waals surface area (Å²) >= 11 is 1.06. The molecule has 1 saturated heterocycles. The molecule has 0 radical (unpaired) electrons. The van der Waals surface area contributed by atoms with E-state index in [0.29, 0.717) is 17.0 Å². The molecule has 1 unspecified atom stereocenters. The fourth-order valence-electron chi connectivity index (χ4n) is 2.67. The molecule has 0 aliphatic carbocycles. The van der Waals surface area contributed by atoms with Gasteiger partial charge in [0.25, 0.3) is 5.69 Å². The second-order valence-electron chi connectivity index (χ2n) is 6.63. The zero-order valence-electron chi connectivity index (χ0n) is 16.6. The number of aromatic carboxylic acids is 1. The van der Waals surface area contributed by atoms with Crippen LogP contribution in [0.25, 0.3) is 0 Å². The number of nitro groups is 1. The molecular formula is C20H17N5O6S. The van der Waals surface area contributed by atoms with E-state index in [4.69, 9.17) is 5.11 Å². The van der Waals surface area contributed by atoms with Crippen LogP contribution in [-0.4, -0.2) is 43.9 Å². The number of thioether (sulfide) groups is 1. The Hall–Kier alpha value is -4.06. The van der Waals surface area contributed by atoms with Gasteiger partial charge in [0.05, 0.1) is 16.2 Å². The van der Waals surface area contributed by atoms with Gasteiger partial charge in [0, 0.05) is 24.2 Å². The van der Waals surface area contributed by atoms with Crippen LogP contribution in [-0.2, 0) is 9.59 Å². The minimum atomic E-state index is -1.07. The van der Waals surface area contributed by atoms with Crippen LogP contribution in [0.15, 0.2) is 58.7 Å². The van der Waals surface area contributed by atoms with Crippen LogP contribution >= 0.6 is 11.8 Å². The van der Waals surface area contributed by atoms with Crippen LogP contribution < -0.4 is 10.6 Å². The maximum Gasteiger partial charge on any atom is 0.335 e. The van der Waals surface area contributed by atoms with Crippen LogP contribution in [0.2, 0.25) is 0 Å². The van der Waals surface area contributed by atoms with Crippen molar-refractivity contribution < 1.29 is 24.4 Å². The number of amidine groups is 1. The maximum absolute atomic E-state index is 12.2. The van der Waals surface area contributed by atoms with Gasteiger partial charge in [0.2, 0.25) is 11.8 Å². The molecule has 2 amide bonds. The zero-order valence-corrected chi connectivity index (χ0v) is 17.5. The number of hydrogen-bond donors (Lipinski definition) is 3. The molecule has 3 rings (SSSR count). The number of anilines is 1. The number of carbonyl (C=O) groups is 3. The second kappa shape index (κ2) is 9.83. The lowest BCUT2D eigenvalue weighted by Crippen LogP contribution is -2.28. The molecule has 2 aromatic carbocycles. The summed E-state index contributed by atoms with van der Waals surface area (Å²) in [7, 11) is 0. The number of carboxylic acid groups (broad SMARTS) is 1. The number of nitrogens with zero attached hydrogens (tertiary/aromatic N) is 3. The fourth-order valence-corrected chi connectivity index (χ4v) is 3.58. The lowest BCUT2D eigenvalue weighted by Gasteiger charge is -2.07. The summed E-state index contributed by atoms with van der Waals surface area (Å²) < 4.78 is 0. The Balaban J connectivity index is 1.58. The molecule has 1 atom stereocenters. The summed E-state index contributed by atoms with van der Waals surface area (Å²) in [5.41, 5.74) is 1.61. The van der Waals surface area contributed by atoms with E-state index in [1.165, 1.54) is 36.4 Å². The summed E-state index contributed by atoms with van der Waals surface area (Å²) in [6.07, 6.45) is -0.110. The molecule has 0 spiro atoms. The standard InChI is InChI=1S/C20H17N5O6S/c1-11(12-4-8-15(9-5-12)25(30)31)23-24-20-22-18(27)16(32-20)10-17(26)21-14-6-2-13(3-7-14)19(28)29/h2-9,16H,10H2,1H3,(H,21,26)(H,28,29)(H,22,24,27)/b23-11+. The Labute approximate surface area is 185 Å². The van der Waals surface area contributed by atoms with E-state index in [9.17, 15) is 24.5 Å². The number of rotatable bonds is 7. The highest BCUT2D eigenvalue weighted by molar-refractivity contribution is 8.15. The summed E-state index contributed by atoms with van der Waals surface area (Å²) in [6, 6.07) is 11.5. The quantitative estimate of drug-likeness (QED) is 0.328. The van der Waals surface area contributed by atoms with Crippen LogP contribution in [0.5, 0.6) is 0 Å². The molecule has 3 N–H and O–H groups in total. The van der Waals surface area contributed by atoms with E-state index in [-0.39, 0.29) is 28.7 Å². The Bertz CT molecular complexity index is 1130. The third kappa shape index (κ3) is 5.76. The summed E-state index contributed by atoms with van der Waals surface area (Å²) in [6.45, 7) is 1.67. The van der Waals surface area contributed by atoms with E-state index < -0.39 is 22.0 Å². The number of nitro benzene ring substituents is 1. The van der Waals surface area contributed by atoms with Gasteiger partial charge in [-0.2, -0.15) is 5.10 Å². The number of nitrogens with one attached hydrogen (secondary N) is 2. The lowest BCUT2D eigenvalue weighted by atomic mass is 10.1. The van der Waals surface area contributed by atoms with Crippen molar-refractivity contribution in [1.29, 1.82) is 0 Å². The van der Waals surface area contributed by atoms with Crippen LogP contribution in [0.4, 0.5) is 11.4 Å². The van der Waals surface area contributed by atoms with Crippen molar-refractivity contribution in [3.8, 4) is 0 Å². The number of benzene rings is 2. The van der Waals surface area contributed by atoms with Gasteiger partial charge in [0.15, 0.2) is 5.17 Å². The molecule has 0 aromatic heterocycles. The molecule has 2 aromatic rings. The number of non-ortho nitro benzene ring substituents is 1. The van der Waals surface area contributed by atoms with Gasteiger partial charge < -0.3 is 15.7 Å². The van der Waals surface area contributed by atoms with Gasteiger partial charge in [-0.25, -0.2) is 4.79 Å². The number of carbonyl (C=O) groups excluding carboxylic acids is 2. The minimum Gasteiger partial charge on any atom is -0.478 e. The Kier molecular flexibility index (Phi) is 6.95. The Morgan fingerprint density at radius 1 is 1.16 bits per heavy atom. The number of amides is 2. The van der Waals surface area contributed by atoms with E-state index in [1.54, 1.807) is 19.1 Å². The molecule has 1 heterocycles. The average Bonchev–Trinajstić information content (AvgIpc) is 3.11. The largest absolute Gasteiger partial charge is 0.478 e. The van der Waals surface area contributed by atoms with E-state index in [2.05, 4.69) is 20.8 Å². The van der Waals surface area contributed by atoms with Gasteiger partial charge in [-0.15, -0.1) is 5.10 Å². The van der Waals surface area contributed by atoms with Gasteiger partial charge in [0.1, 0.15) is 5.25 Å². The van der Waals surface area contributed by atoms with Crippen molar-refractivity contribution in [1.82, 2.24) is 5.32 Å². The highest BCUT2D eigenvalue weighted by Gasteiger charge is 2.32. The topological polar surface area (TPSA) is 163 Å². The lowest BCUT2D eigenvalue weighted by molar-refractivity contribution is -0.384. The average molecular weight is 455 g/mol. The molecule has 1 fully saturated rings. The maximum atomic E-state index is 12.2. The second-order valence-corrected chi connectivity index (χ2v) is 7.82. The summed E-state index contributed by atoms with van der Waals surface area (Å²) in [5.74, 6) is -1.86.